The van der Waals surface area contributed by atoms with Crippen molar-refractivity contribution in [1.82, 2.24) is 0 Å². The Hall–Kier alpha value is -2.04. The number of carboxylic acid groups (broad SMARTS) is 2. The maximum absolute atomic E-state index is 11.5. The number of carboxylic acids is 2. The van der Waals surface area contributed by atoms with Crippen molar-refractivity contribution in [2.24, 2.45) is 0 Å². The number of benzene rings is 1. The summed E-state index contributed by atoms with van der Waals surface area (Å²) < 4.78 is 0. The third-order valence-corrected chi connectivity index (χ3v) is 5.39. The van der Waals surface area contributed by atoms with E-state index in [1.54, 1.807) is 6.07 Å². The van der Waals surface area contributed by atoms with E-state index in [1.807, 2.05) is 0 Å². The van der Waals surface area contributed by atoms with Crippen molar-refractivity contribution in [3.63, 3.8) is 0 Å². The number of carbonyl (C=O) groups is 2. The Bertz CT molecular complexity index is 599. The molecule has 1 aromatic rings. The molecule has 0 heterocycles. The van der Waals surface area contributed by atoms with E-state index >= 15 is 0 Å². The smallest absolute Gasteiger partial charge is 0.336 e. The van der Waals surface area contributed by atoms with E-state index in [0.29, 0.717) is 0 Å². The van der Waals surface area contributed by atoms with Crippen LogP contribution in [0.5, 0.6) is 0 Å². The fourth-order valence-corrected chi connectivity index (χ4v) is 3.63. The third-order valence-electron chi connectivity index (χ3n) is 5.39. The number of hydrogen-bond donors (Lipinski definition) is 2. The second kappa shape index (κ2) is 14.9. The largest absolute Gasteiger partial charge is 0.478 e. The molecule has 29 heavy (non-hydrogen) atoms. The minimum absolute atomic E-state index is 0.133. The number of anilines is 1. The number of unbranched alkanes of at least 4 members (excludes halogenated alkanes) is 10. The summed E-state index contributed by atoms with van der Waals surface area (Å²) in [6, 6.07) is 4.71. The molecular formula is C24H39NO4. The van der Waals surface area contributed by atoms with Gasteiger partial charge in [0.15, 0.2) is 0 Å². The van der Waals surface area contributed by atoms with Crippen molar-refractivity contribution in [2.75, 3.05) is 18.0 Å². The lowest BCUT2D eigenvalue weighted by molar-refractivity contribution is 0.0651. The van der Waals surface area contributed by atoms with Gasteiger partial charge < -0.3 is 15.1 Å². The van der Waals surface area contributed by atoms with Crippen LogP contribution in [0.4, 0.5) is 5.69 Å². The molecule has 164 valence electrons. The topological polar surface area (TPSA) is 77.8 Å². The molecule has 1 rings (SSSR count). The van der Waals surface area contributed by atoms with Crippen LogP contribution in [0, 0.1) is 0 Å². The first-order chi connectivity index (χ1) is 14.0. The molecule has 0 aliphatic carbocycles. The van der Waals surface area contributed by atoms with Gasteiger partial charge in [-0.1, -0.05) is 78.1 Å². The SMILES string of the molecule is CCCCCCCCN(CCCCCCCC)c1ccc(C(=O)O)c(C(=O)O)c1. The fourth-order valence-electron chi connectivity index (χ4n) is 3.63. The van der Waals surface area contributed by atoms with Crippen molar-refractivity contribution < 1.29 is 19.8 Å². The third kappa shape index (κ3) is 9.82. The fraction of sp³-hybridized carbons (Fsp3) is 0.667. The monoisotopic (exact) mass is 405 g/mol. The zero-order chi connectivity index (χ0) is 21.5. The Balaban J connectivity index is 2.76. The zero-order valence-corrected chi connectivity index (χ0v) is 18.3. The highest BCUT2D eigenvalue weighted by atomic mass is 16.4. The van der Waals surface area contributed by atoms with Gasteiger partial charge in [-0.3, -0.25) is 0 Å². The maximum atomic E-state index is 11.5. The van der Waals surface area contributed by atoms with Crippen LogP contribution in [0.2, 0.25) is 0 Å². The predicted octanol–water partition coefficient (Wildman–Crippen LogP) is 6.61. The second-order valence-electron chi connectivity index (χ2n) is 7.86. The Labute approximate surface area is 176 Å². The molecule has 0 radical (unpaired) electrons. The number of aromatic carboxylic acids is 2. The molecule has 5 heteroatoms. The Morgan fingerprint density at radius 2 is 1.14 bits per heavy atom. The molecule has 0 aliphatic rings. The molecule has 0 bridgehead atoms. The number of nitrogens with zero attached hydrogens (tertiary/aromatic N) is 1. The summed E-state index contributed by atoms with van der Waals surface area (Å²) in [5.74, 6) is -2.39. The molecule has 0 saturated heterocycles. The van der Waals surface area contributed by atoms with E-state index in [1.165, 1.54) is 76.3 Å². The van der Waals surface area contributed by atoms with Gasteiger partial charge in [0, 0.05) is 18.8 Å². The van der Waals surface area contributed by atoms with Crippen molar-refractivity contribution in [3.05, 3.63) is 29.3 Å². The molecule has 0 amide bonds. The Kier molecular flexibility index (Phi) is 12.8. The molecule has 0 aliphatic heterocycles. The van der Waals surface area contributed by atoms with E-state index in [-0.39, 0.29) is 11.1 Å². The molecule has 0 unspecified atom stereocenters. The summed E-state index contributed by atoms with van der Waals surface area (Å²) in [5.41, 5.74) is 0.528. The minimum atomic E-state index is -1.20. The molecular weight excluding hydrogens is 366 g/mol. The summed E-state index contributed by atoms with van der Waals surface area (Å²) in [7, 11) is 0. The van der Waals surface area contributed by atoms with Crippen molar-refractivity contribution in [2.45, 2.75) is 90.9 Å². The Morgan fingerprint density at radius 3 is 1.59 bits per heavy atom. The summed E-state index contributed by atoms with van der Waals surface area (Å²) >= 11 is 0. The molecule has 5 nitrogen and oxygen atoms in total. The lowest BCUT2D eigenvalue weighted by Crippen LogP contribution is -2.26. The van der Waals surface area contributed by atoms with Gasteiger partial charge in [-0.25, -0.2) is 9.59 Å². The van der Waals surface area contributed by atoms with Gasteiger partial charge in [0.25, 0.3) is 0 Å². The van der Waals surface area contributed by atoms with Crippen molar-refractivity contribution >= 4 is 17.6 Å². The maximum Gasteiger partial charge on any atom is 0.336 e. The summed E-state index contributed by atoms with van der Waals surface area (Å²) in [4.78, 5) is 25.1. The number of rotatable bonds is 17. The highest BCUT2D eigenvalue weighted by Gasteiger charge is 2.18. The van der Waals surface area contributed by atoms with E-state index < -0.39 is 11.9 Å². The van der Waals surface area contributed by atoms with Crippen LogP contribution in [0.25, 0.3) is 0 Å². The van der Waals surface area contributed by atoms with Gasteiger partial charge in [-0.15, -0.1) is 0 Å². The van der Waals surface area contributed by atoms with Crippen LogP contribution < -0.4 is 4.90 Å². The highest BCUT2D eigenvalue weighted by molar-refractivity contribution is 6.02. The highest BCUT2D eigenvalue weighted by Crippen LogP contribution is 2.22. The van der Waals surface area contributed by atoms with E-state index in [0.717, 1.165) is 31.6 Å². The van der Waals surface area contributed by atoms with Crippen LogP contribution in [0.1, 0.15) is 112 Å². The second-order valence-corrected chi connectivity index (χ2v) is 7.86. The van der Waals surface area contributed by atoms with E-state index in [9.17, 15) is 19.8 Å². The quantitative estimate of drug-likeness (QED) is 0.285. The van der Waals surface area contributed by atoms with Crippen LogP contribution in [-0.2, 0) is 0 Å². The van der Waals surface area contributed by atoms with Gasteiger partial charge in [-0.2, -0.15) is 0 Å². The molecule has 0 aromatic heterocycles. The summed E-state index contributed by atoms with van der Waals surface area (Å²) in [6.45, 7) is 6.19. The normalized spacial score (nSPS) is 10.8. The molecule has 2 N–H and O–H groups in total. The molecule has 0 saturated carbocycles. The van der Waals surface area contributed by atoms with Crippen LogP contribution in [0.3, 0.4) is 0 Å². The molecule has 1 aromatic carbocycles. The predicted molar refractivity (Wildman–Crippen MR) is 119 cm³/mol. The van der Waals surface area contributed by atoms with Crippen LogP contribution in [-0.4, -0.2) is 35.2 Å². The first-order valence-electron chi connectivity index (χ1n) is 11.4. The van der Waals surface area contributed by atoms with E-state index in [4.69, 9.17) is 0 Å². The first kappa shape index (κ1) is 25.0. The lowest BCUT2D eigenvalue weighted by atomic mass is 10.0. The minimum Gasteiger partial charge on any atom is -0.478 e. The van der Waals surface area contributed by atoms with E-state index in [2.05, 4.69) is 18.7 Å². The first-order valence-corrected chi connectivity index (χ1v) is 11.4. The lowest BCUT2D eigenvalue weighted by Gasteiger charge is -2.26. The average Bonchev–Trinajstić information content (AvgIpc) is 2.70. The molecule has 0 fully saturated rings. The molecule has 0 spiro atoms. The standard InChI is InChI=1S/C24H39NO4/c1-3-5-7-9-11-13-17-25(18-14-12-10-8-6-4-2)20-15-16-21(23(26)27)22(19-20)24(28)29/h15-16,19H,3-14,17-18H2,1-2H3,(H,26,27)(H,28,29). The number of hydrogen-bond acceptors (Lipinski definition) is 3. The summed E-state index contributed by atoms with van der Waals surface area (Å²) in [5, 5.41) is 18.7. The van der Waals surface area contributed by atoms with Crippen LogP contribution in [0.15, 0.2) is 18.2 Å². The van der Waals surface area contributed by atoms with Gasteiger partial charge in [0.2, 0.25) is 0 Å². The van der Waals surface area contributed by atoms with Crippen LogP contribution >= 0.6 is 0 Å². The van der Waals surface area contributed by atoms with Crippen molar-refractivity contribution in [1.29, 1.82) is 0 Å². The summed E-state index contributed by atoms with van der Waals surface area (Å²) in [6.07, 6.45) is 14.5. The van der Waals surface area contributed by atoms with Crippen molar-refractivity contribution in [3.8, 4) is 0 Å². The van der Waals surface area contributed by atoms with Gasteiger partial charge >= 0.3 is 11.9 Å². The van der Waals surface area contributed by atoms with Gasteiger partial charge in [0.05, 0.1) is 11.1 Å². The average molecular weight is 406 g/mol. The van der Waals surface area contributed by atoms with Gasteiger partial charge in [-0.05, 0) is 31.0 Å². The van der Waals surface area contributed by atoms with Gasteiger partial charge in [0.1, 0.15) is 0 Å². The zero-order valence-electron chi connectivity index (χ0n) is 18.3. The molecule has 0 atom stereocenters. The Morgan fingerprint density at radius 1 is 0.690 bits per heavy atom.